The Kier molecular flexibility index (Phi) is 8.40. The summed E-state index contributed by atoms with van der Waals surface area (Å²) in [6, 6.07) is 0. The molecule has 0 atom stereocenters. The Morgan fingerprint density at radius 3 is 1.00 bits per heavy atom. The third-order valence-electron chi connectivity index (χ3n) is 0. The second kappa shape index (κ2) is 4.59. The van der Waals surface area contributed by atoms with Crippen molar-refractivity contribution in [3.8, 4) is 0 Å². The summed E-state index contributed by atoms with van der Waals surface area (Å²) < 4.78 is 25.8. The van der Waals surface area contributed by atoms with E-state index >= 15 is 0 Å². The van der Waals surface area contributed by atoms with Gasteiger partial charge in [0.15, 0.2) is 17.4 Å². The Balaban J connectivity index is 0. The Hall–Kier alpha value is 0.595. The van der Waals surface area contributed by atoms with Crippen LogP contribution in [0.5, 0.6) is 0 Å². The summed E-state index contributed by atoms with van der Waals surface area (Å²) in [4.78, 5) is 0. The normalized spacial score (nSPS) is 4.80. The van der Waals surface area contributed by atoms with E-state index in [4.69, 9.17) is 10.4 Å². The van der Waals surface area contributed by atoms with Crippen molar-refractivity contribution >= 4 is 17.4 Å². The van der Waals surface area contributed by atoms with E-state index in [1.54, 1.807) is 0 Å². The van der Waals surface area contributed by atoms with E-state index in [-0.39, 0.29) is 17.4 Å². The maximum atomic E-state index is 8.60. The molecule has 5 heavy (non-hydrogen) atoms. The first kappa shape index (κ1) is 9.14. The first-order valence-electron chi connectivity index (χ1n) is 0.463. The summed E-state index contributed by atoms with van der Waals surface area (Å²) in [7, 11) is 0. The first-order valence-corrected chi connectivity index (χ1v) is 3.79. The van der Waals surface area contributed by atoms with Crippen molar-refractivity contribution < 1.29 is 27.0 Å². The van der Waals surface area contributed by atoms with Crippen LogP contribution in [0.3, 0.4) is 0 Å². The summed E-state index contributed by atoms with van der Waals surface area (Å²) in [5.41, 5.74) is 0. The van der Waals surface area contributed by atoms with Gasteiger partial charge in [-0.05, 0) is 0 Å². The molecule has 0 aliphatic carbocycles. The number of rotatable bonds is 0. The zero-order valence-electron chi connectivity index (χ0n) is 1.60. The van der Waals surface area contributed by atoms with E-state index in [1.807, 2.05) is 0 Å². The Morgan fingerprint density at radius 2 is 1.00 bits per heavy atom. The summed E-state index contributed by atoms with van der Waals surface area (Å²) in [5, 5.41) is 0. The summed E-state index contributed by atoms with van der Waals surface area (Å²) >= 11 is -4.21. The van der Waals surface area contributed by atoms with Gasteiger partial charge in [0.2, 0.25) is 0 Å². The van der Waals surface area contributed by atoms with Gasteiger partial charge in [0.1, 0.15) is 0 Å². The Labute approximate surface area is 44.7 Å². The second-order valence-electron chi connectivity index (χ2n) is 0.189. The maximum absolute atomic E-state index is 8.60. The van der Waals surface area contributed by atoms with E-state index in [0.29, 0.717) is 0 Å². The van der Waals surface area contributed by atoms with Crippen molar-refractivity contribution in [1.29, 1.82) is 0 Å². The molecule has 31 valence electrons. The van der Waals surface area contributed by atoms with Gasteiger partial charge < -0.3 is 0 Å². The molecule has 0 aromatic carbocycles. The van der Waals surface area contributed by atoms with Crippen LogP contribution in [0.25, 0.3) is 0 Å². The van der Waals surface area contributed by atoms with Crippen LogP contribution >= 0.6 is 0 Å². The molecule has 0 amide bonds. The van der Waals surface area contributed by atoms with Crippen LogP contribution in [-0.4, -0.2) is 17.4 Å². The molecule has 0 aliphatic heterocycles. The van der Waals surface area contributed by atoms with Gasteiger partial charge in [-0.15, -0.1) is 0 Å². The van der Waals surface area contributed by atoms with Crippen LogP contribution in [0.2, 0.25) is 0 Å². The van der Waals surface area contributed by atoms with Crippen molar-refractivity contribution in [1.82, 2.24) is 0 Å². The van der Waals surface area contributed by atoms with Gasteiger partial charge in [-0.1, -0.05) is 0 Å². The predicted molar refractivity (Wildman–Crippen MR) is 12.0 cm³/mol. The van der Waals surface area contributed by atoms with E-state index in [9.17, 15) is 0 Å². The van der Waals surface area contributed by atoms with Crippen LogP contribution in [-0.2, 0) is 27.0 Å². The van der Waals surface area contributed by atoms with E-state index in [1.165, 1.54) is 0 Å². The zero-order valence-corrected chi connectivity index (χ0v) is 4.32. The second-order valence-corrected chi connectivity index (χ2v) is 1.55. The monoisotopic (exact) mass is 265 g/mol. The molecule has 0 rings (SSSR count). The fourth-order valence-electron chi connectivity index (χ4n) is 0. The van der Waals surface area contributed by atoms with Crippen LogP contribution in [0.15, 0.2) is 0 Å². The third kappa shape index (κ3) is 87.4. The average molecular weight is 264 g/mol. The molecule has 0 N–H and O–H groups in total. The van der Waals surface area contributed by atoms with Crippen molar-refractivity contribution in [3.63, 3.8) is 0 Å². The van der Waals surface area contributed by atoms with Gasteiger partial charge in [-0.2, -0.15) is 0 Å². The zero-order chi connectivity index (χ0) is 3.58. The molecule has 0 fully saturated rings. The molecule has 3 nitrogen and oxygen atoms in total. The fourth-order valence-corrected chi connectivity index (χ4v) is 0. The molecular weight excluding hydrogens is 261 g/mol. The van der Waals surface area contributed by atoms with E-state index in [0.717, 1.165) is 0 Å². The molecule has 0 aliphatic rings. The van der Waals surface area contributed by atoms with Gasteiger partial charge in [-0.3, -0.25) is 0 Å². The minimum atomic E-state index is -4.21. The molecule has 0 saturated heterocycles. The quantitative estimate of drug-likeness (QED) is 0.498. The molecule has 0 radical (unpaired) electrons. The van der Waals surface area contributed by atoms with Crippen LogP contribution in [0.1, 0.15) is 0 Å². The summed E-state index contributed by atoms with van der Waals surface area (Å²) in [6.45, 7) is 0. The van der Waals surface area contributed by atoms with Crippen molar-refractivity contribution in [3.05, 3.63) is 0 Å². The number of hydrogen-bond acceptors (Lipinski definition) is 3. The van der Waals surface area contributed by atoms with Crippen molar-refractivity contribution in [2.24, 2.45) is 0 Å². The van der Waals surface area contributed by atoms with E-state index in [2.05, 4.69) is 0 Å². The van der Waals surface area contributed by atoms with Crippen LogP contribution < -0.4 is 0 Å². The first-order chi connectivity index (χ1) is 1.73. The molecule has 0 aromatic rings. The van der Waals surface area contributed by atoms with Gasteiger partial charge in [0, 0.05) is 0 Å². The fraction of sp³-hybridized carbons (Fsp3) is 0. The molecule has 0 spiro atoms. The molecule has 0 unspecified atom stereocenters. The van der Waals surface area contributed by atoms with Gasteiger partial charge >= 0.3 is 27.0 Å². The van der Waals surface area contributed by atoms with Crippen molar-refractivity contribution in [2.45, 2.75) is 0 Å². The predicted octanol–water partition coefficient (Wildman–Crippen LogP) is -1.54. The average Bonchev–Trinajstić information content (AvgIpc) is 0.811. The topological polar surface area (TPSA) is 51.2 Å². The van der Waals surface area contributed by atoms with E-state index < -0.39 is 16.6 Å². The molecule has 5 heteroatoms. The molecule has 0 bridgehead atoms. The molecular formula is H3AlO3Re. The molecule has 0 heterocycles. The Morgan fingerprint density at radius 1 is 1.00 bits per heavy atom. The number of hydrogen-bond donors (Lipinski definition) is 0. The SMILES string of the molecule is [AlH3].[O]=[Re](=[O])=[O]. The van der Waals surface area contributed by atoms with Gasteiger partial charge in [0.05, 0.1) is 0 Å². The van der Waals surface area contributed by atoms with Gasteiger partial charge in [0.25, 0.3) is 0 Å². The Bertz CT molecular complexity index is 76.3. The van der Waals surface area contributed by atoms with Crippen LogP contribution in [0.4, 0.5) is 0 Å². The van der Waals surface area contributed by atoms with Crippen LogP contribution in [0, 0.1) is 0 Å². The minimum absolute atomic E-state index is 0. The third-order valence-corrected chi connectivity index (χ3v) is 0. The molecule has 0 aromatic heterocycles. The van der Waals surface area contributed by atoms with Crippen molar-refractivity contribution in [2.75, 3.05) is 0 Å². The summed E-state index contributed by atoms with van der Waals surface area (Å²) in [5.74, 6) is 0. The molecule has 0 saturated carbocycles. The van der Waals surface area contributed by atoms with Gasteiger partial charge in [-0.25, -0.2) is 0 Å². The standard InChI is InChI=1S/Al.3O.Re.3H. The summed E-state index contributed by atoms with van der Waals surface area (Å²) in [6.07, 6.45) is 0.